The molecule has 2 heterocycles. The predicted octanol–water partition coefficient (Wildman–Crippen LogP) is 5.26. The third kappa shape index (κ3) is 3.53. The first-order chi connectivity index (χ1) is 13.1. The molecule has 4 rings (SSSR count). The van der Waals surface area contributed by atoms with Crippen molar-refractivity contribution >= 4 is 23.1 Å². The van der Waals surface area contributed by atoms with Crippen molar-refractivity contribution in [1.29, 1.82) is 0 Å². The number of aryl methyl sites for hydroxylation is 2. The summed E-state index contributed by atoms with van der Waals surface area (Å²) in [6.07, 6.45) is 3.98. The van der Waals surface area contributed by atoms with E-state index < -0.39 is 0 Å². The molecule has 0 saturated heterocycles. The number of imidazole rings is 1. The third-order valence-electron chi connectivity index (χ3n) is 4.49. The summed E-state index contributed by atoms with van der Waals surface area (Å²) in [5.74, 6) is 0. The maximum Gasteiger partial charge on any atom is 0.323 e. The number of anilines is 2. The van der Waals surface area contributed by atoms with E-state index >= 15 is 0 Å². The number of rotatable bonds is 3. The van der Waals surface area contributed by atoms with Gasteiger partial charge in [0.2, 0.25) is 0 Å². The van der Waals surface area contributed by atoms with E-state index in [1.807, 2.05) is 91.3 Å². The lowest BCUT2D eigenvalue weighted by molar-refractivity contribution is 0.262. The molecule has 5 heteroatoms. The largest absolute Gasteiger partial charge is 0.323 e. The zero-order chi connectivity index (χ0) is 18.8. The van der Waals surface area contributed by atoms with Crippen molar-refractivity contribution in [2.75, 3.05) is 10.6 Å². The number of para-hydroxylation sites is 1. The summed E-state index contributed by atoms with van der Waals surface area (Å²) in [5, 5.41) is 5.77. The average molecular weight is 356 g/mol. The van der Waals surface area contributed by atoms with Crippen molar-refractivity contribution in [2.45, 2.75) is 13.8 Å². The lowest BCUT2D eigenvalue weighted by Gasteiger charge is -2.10. The number of aromatic nitrogens is 2. The molecule has 0 saturated carbocycles. The van der Waals surface area contributed by atoms with Gasteiger partial charge in [-0.25, -0.2) is 9.78 Å². The summed E-state index contributed by atoms with van der Waals surface area (Å²) in [5.41, 5.74) is 6.40. The molecule has 134 valence electrons. The zero-order valence-electron chi connectivity index (χ0n) is 15.2. The van der Waals surface area contributed by atoms with Gasteiger partial charge in [-0.3, -0.25) is 0 Å². The molecule has 2 amide bonds. The quantitative estimate of drug-likeness (QED) is 0.526. The minimum atomic E-state index is -0.271. The van der Waals surface area contributed by atoms with Crippen LogP contribution in [0.3, 0.4) is 0 Å². The highest BCUT2D eigenvalue weighted by Gasteiger charge is 2.09. The number of urea groups is 1. The van der Waals surface area contributed by atoms with Crippen LogP contribution in [0.15, 0.2) is 73.1 Å². The number of hydrogen-bond donors (Lipinski definition) is 2. The number of carbonyl (C=O) groups excluding carboxylic acids is 1. The van der Waals surface area contributed by atoms with Crippen LogP contribution in [0.25, 0.3) is 16.9 Å². The van der Waals surface area contributed by atoms with Crippen molar-refractivity contribution < 1.29 is 4.79 Å². The van der Waals surface area contributed by atoms with E-state index in [-0.39, 0.29) is 6.03 Å². The van der Waals surface area contributed by atoms with E-state index in [0.717, 1.165) is 33.7 Å². The first-order valence-electron chi connectivity index (χ1n) is 8.78. The average Bonchev–Trinajstić information content (AvgIpc) is 3.10. The van der Waals surface area contributed by atoms with E-state index in [4.69, 9.17) is 4.98 Å². The van der Waals surface area contributed by atoms with Crippen LogP contribution in [0.2, 0.25) is 0 Å². The fraction of sp³-hybridized carbons (Fsp3) is 0.0909. The normalized spacial score (nSPS) is 10.7. The molecule has 2 aromatic carbocycles. The minimum Gasteiger partial charge on any atom is -0.308 e. The Hall–Kier alpha value is -3.60. The summed E-state index contributed by atoms with van der Waals surface area (Å²) >= 11 is 0. The van der Waals surface area contributed by atoms with Crippen LogP contribution in [0.4, 0.5) is 16.2 Å². The van der Waals surface area contributed by atoms with Crippen molar-refractivity contribution in [3.05, 3.63) is 84.2 Å². The van der Waals surface area contributed by atoms with E-state index in [9.17, 15) is 4.79 Å². The highest BCUT2D eigenvalue weighted by Crippen LogP contribution is 2.23. The topological polar surface area (TPSA) is 58.4 Å². The Balaban J connectivity index is 1.56. The Labute approximate surface area is 157 Å². The van der Waals surface area contributed by atoms with E-state index in [0.29, 0.717) is 5.69 Å². The van der Waals surface area contributed by atoms with Gasteiger partial charge in [0.25, 0.3) is 0 Å². The number of benzene rings is 2. The number of pyridine rings is 1. The lowest BCUT2D eigenvalue weighted by Crippen LogP contribution is -2.19. The molecule has 0 radical (unpaired) electrons. The van der Waals surface area contributed by atoms with Crippen molar-refractivity contribution in [3.63, 3.8) is 0 Å². The summed E-state index contributed by atoms with van der Waals surface area (Å²) in [6.45, 7) is 4.00. The van der Waals surface area contributed by atoms with Crippen LogP contribution < -0.4 is 10.6 Å². The molecule has 0 unspecified atom stereocenters. The Morgan fingerprint density at radius 1 is 0.926 bits per heavy atom. The van der Waals surface area contributed by atoms with Crippen LogP contribution >= 0.6 is 0 Å². The lowest BCUT2D eigenvalue weighted by atomic mass is 10.1. The maximum atomic E-state index is 12.3. The molecule has 0 bridgehead atoms. The molecule has 4 aromatic rings. The molecule has 0 aliphatic rings. The van der Waals surface area contributed by atoms with Crippen molar-refractivity contribution in [1.82, 2.24) is 9.38 Å². The number of amides is 2. The van der Waals surface area contributed by atoms with Gasteiger partial charge >= 0.3 is 6.03 Å². The summed E-state index contributed by atoms with van der Waals surface area (Å²) in [7, 11) is 0. The third-order valence-corrected chi connectivity index (χ3v) is 4.49. The zero-order valence-corrected chi connectivity index (χ0v) is 15.2. The molecule has 0 fully saturated rings. The minimum absolute atomic E-state index is 0.271. The van der Waals surface area contributed by atoms with Crippen molar-refractivity contribution in [3.8, 4) is 11.3 Å². The predicted molar refractivity (Wildman–Crippen MR) is 109 cm³/mol. The maximum absolute atomic E-state index is 12.3. The number of nitrogens with zero attached hydrogens (tertiary/aromatic N) is 2. The van der Waals surface area contributed by atoms with E-state index in [2.05, 4.69) is 10.6 Å². The molecule has 0 aliphatic heterocycles. The van der Waals surface area contributed by atoms with Crippen LogP contribution in [0.1, 0.15) is 11.1 Å². The molecule has 0 atom stereocenters. The van der Waals surface area contributed by atoms with E-state index in [1.165, 1.54) is 0 Å². The molecular formula is C22H20N4O. The Kier molecular flexibility index (Phi) is 4.34. The van der Waals surface area contributed by atoms with Crippen LogP contribution in [-0.2, 0) is 0 Å². The van der Waals surface area contributed by atoms with E-state index in [1.54, 1.807) is 0 Å². The van der Waals surface area contributed by atoms with Gasteiger partial charge in [0.1, 0.15) is 5.65 Å². The monoisotopic (exact) mass is 356 g/mol. The molecular weight excluding hydrogens is 336 g/mol. The van der Waals surface area contributed by atoms with Gasteiger partial charge < -0.3 is 15.0 Å². The fourth-order valence-corrected chi connectivity index (χ4v) is 3.05. The highest BCUT2D eigenvalue weighted by atomic mass is 16.2. The first-order valence-corrected chi connectivity index (χ1v) is 8.78. The van der Waals surface area contributed by atoms with Crippen LogP contribution in [0.5, 0.6) is 0 Å². The standard InChI is InChI=1S/C22H20N4O/c1-15-7-3-4-11-19(15)25-22(27)23-18-10-5-9-17(13-18)20-14-26-12-6-8-16(2)21(26)24-20/h3-14H,1-2H3,(H2,23,25,27). The molecule has 2 aromatic heterocycles. The summed E-state index contributed by atoms with van der Waals surface area (Å²) in [6, 6.07) is 19.1. The SMILES string of the molecule is Cc1ccccc1NC(=O)Nc1cccc(-c2cn3cccc(C)c3n2)c1. The smallest absolute Gasteiger partial charge is 0.308 e. The summed E-state index contributed by atoms with van der Waals surface area (Å²) < 4.78 is 2.01. The Bertz CT molecular complexity index is 1130. The van der Waals surface area contributed by atoms with Gasteiger partial charge in [-0.05, 0) is 49.2 Å². The second-order valence-electron chi connectivity index (χ2n) is 6.52. The molecule has 0 spiro atoms. The number of nitrogens with one attached hydrogen (secondary N) is 2. The van der Waals surface area contributed by atoms with Crippen LogP contribution in [0, 0.1) is 13.8 Å². The summed E-state index contributed by atoms with van der Waals surface area (Å²) in [4.78, 5) is 17.0. The first kappa shape index (κ1) is 16.8. The van der Waals surface area contributed by atoms with Gasteiger partial charge in [0.15, 0.2) is 0 Å². The van der Waals surface area contributed by atoms with Gasteiger partial charge in [-0.15, -0.1) is 0 Å². The fourth-order valence-electron chi connectivity index (χ4n) is 3.05. The molecule has 5 nitrogen and oxygen atoms in total. The molecule has 2 N–H and O–H groups in total. The van der Waals surface area contributed by atoms with Gasteiger partial charge in [-0.1, -0.05) is 36.4 Å². The van der Waals surface area contributed by atoms with Crippen molar-refractivity contribution in [2.24, 2.45) is 0 Å². The molecule has 27 heavy (non-hydrogen) atoms. The Morgan fingerprint density at radius 2 is 1.74 bits per heavy atom. The number of fused-ring (bicyclic) bond motifs is 1. The van der Waals surface area contributed by atoms with Gasteiger partial charge in [0, 0.05) is 29.3 Å². The second kappa shape index (κ2) is 6.96. The second-order valence-corrected chi connectivity index (χ2v) is 6.52. The molecule has 0 aliphatic carbocycles. The Morgan fingerprint density at radius 3 is 2.56 bits per heavy atom. The van der Waals surface area contributed by atoms with Gasteiger partial charge in [0.05, 0.1) is 5.69 Å². The highest BCUT2D eigenvalue weighted by molar-refractivity contribution is 6.00. The van der Waals surface area contributed by atoms with Gasteiger partial charge in [-0.2, -0.15) is 0 Å². The number of hydrogen-bond acceptors (Lipinski definition) is 2. The van der Waals surface area contributed by atoms with Crippen LogP contribution in [-0.4, -0.2) is 15.4 Å². The number of carbonyl (C=O) groups is 1.